The molecule has 0 aromatic heterocycles. The van der Waals surface area contributed by atoms with Crippen molar-refractivity contribution in [2.75, 3.05) is 23.5 Å². The van der Waals surface area contributed by atoms with Crippen molar-refractivity contribution in [3.05, 3.63) is 58.7 Å². The van der Waals surface area contributed by atoms with Crippen LogP contribution in [-0.4, -0.2) is 31.7 Å². The van der Waals surface area contributed by atoms with E-state index >= 15 is 0 Å². The number of rotatable bonds is 2. The van der Waals surface area contributed by atoms with Gasteiger partial charge in [-0.05, 0) is 56.9 Å². The Morgan fingerprint density at radius 1 is 0.963 bits per heavy atom. The molecule has 2 aromatic rings. The number of aliphatic imine (C=N–C) groups is 1. The Balaban J connectivity index is 2.20. The summed E-state index contributed by atoms with van der Waals surface area (Å²) in [5.41, 5.74) is 6.82. The molecule has 1 aliphatic rings. The number of hydrogen-bond acceptors (Lipinski definition) is 2. The number of para-hydroxylation sites is 2. The van der Waals surface area contributed by atoms with Gasteiger partial charge in [0.2, 0.25) is 5.96 Å². The van der Waals surface area contributed by atoms with Crippen LogP contribution in [0.3, 0.4) is 0 Å². The number of methoxy groups -OCH3 is 1. The van der Waals surface area contributed by atoms with Crippen molar-refractivity contribution < 1.29 is 9.53 Å². The van der Waals surface area contributed by atoms with Crippen molar-refractivity contribution >= 4 is 23.4 Å². The molecule has 2 aromatic carbocycles. The zero-order valence-corrected chi connectivity index (χ0v) is 16.9. The van der Waals surface area contributed by atoms with Crippen LogP contribution >= 0.6 is 0 Å². The van der Waals surface area contributed by atoms with Crippen molar-refractivity contribution in [3.8, 4) is 0 Å². The lowest BCUT2D eigenvalue weighted by Gasteiger charge is -2.28. The molecule has 142 valence electrons. The molecule has 1 amide bonds. The van der Waals surface area contributed by atoms with E-state index in [1.165, 1.54) is 7.11 Å². The van der Waals surface area contributed by atoms with E-state index in [4.69, 9.17) is 4.74 Å². The molecule has 1 fully saturated rings. The SMILES string of the molecule is COC(=O)N=C1N(c2c(C)cccc2C)CC(C)N1c1c(C)cccc1C. The quantitative estimate of drug-likeness (QED) is 0.770. The molecule has 5 heteroatoms. The van der Waals surface area contributed by atoms with E-state index in [1.54, 1.807) is 0 Å². The average molecular weight is 365 g/mol. The van der Waals surface area contributed by atoms with Crippen molar-refractivity contribution in [2.45, 2.75) is 40.7 Å². The predicted octanol–water partition coefficient (Wildman–Crippen LogP) is 4.76. The molecule has 5 nitrogen and oxygen atoms in total. The molecule has 3 rings (SSSR count). The zero-order valence-electron chi connectivity index (χ0n) is 16.9. The molecular formula is C22H27N3O2. The third kappa shape index (κ3) is 3.42. The normalized spacial score (nSPS) is 18.3. The standard InChI is InChI=1S/C22H27N3O2/c1-14-9-7-10-15(2)19(14)24-13-18(5)25(21(24)23-22(26)27-6)20-16(3)11-8-12-17(20)4/h7-12,18H,13H2,1-6H3. The van der Waals surface area contributed by atoms with Gasteiger partial charge in [-0.2, -0.15) is 0 Å². The first-order chi connectivity index (χ1) is 12.8. The second-order valence-electron chi connectivity index (χ2n) is 7.19. The minimum absolute atomic E-state index is 0.159. The number of amides is 1. The molecule has 1 unspecified atom stereocenters. The lowest BCUT2D eigenvalue weighted by atomic mass is 10.1. The molecule has 1 heterocycles. The largest absolute Gasteiger partial charge is 0.451 e. The highest BCUT2D eigenvalue weighted by Gasteiger charge is 2.37. The van der Waals surface area contributed by atoms with Gasteiger partial charge in [-0.3, -0.25) is 0 Å². The van der Waals surface area contributed by atoms with Gasteiger partial charge in [-0.25, -0.2) is 4.79 Å². The Hall–Kier alpha value is -2.82. The van der Waals surface area contributed by atoms with Gasteiger partial charge in [-0.15, -0.1) is 4.99 Å². The number of anilines is 2. The number of guanidine groups is 1. The van der Waals surface area contributed by atoms with Crippen LogP contribution in [0.25, 0.3) is 0 Å². The van der Waals surface area contributed by atoms with E-state index in [-0.39, 0.29) is 6.04 Å². The summed E-state index contributed by atoms with van der Waals surface area (Å²) >= 11 is 0. The lowest BCUT2D eigenvalue weighted by molar-refractivity contribution is 0.182. The smallest absolute Gasteiger partial charge is 0.436 e. The number of nitrogens with zero attached hydrogens (tertiary/aromatic N) is 3. The van der Waals surface area contributed by atoms with Crippen molar-refractivity contribution in [2.24, 2.45) is 4.99 Å². The molecule has 0 radical (unpaired) electrons. The van der Waals surface area contributed by atoms with Crippen LogP contribution in [-0.2, 0) is 4.74 Å². The molecule has 1 aliphatic heterocycles. The first kappa shape index (κ1) is 19.0. The number of carbonyl (C=O) groups is 1. The van der Waals surface area contributed by atoms with Gasteiger partial charge in [0.25, 0.3) is 0 Å². The van der Waals surface area contributed by atoms with Gasteiger partial charge in [-0.1, -0.05) is 36.4 Å². The van der Waals surface area contributed by atoms with E-state index in [0.29, 0.717) is 5.96 Å². The number of carbonyl (C=O) groups excluding carboxylic acids is 1. The van der Waals surface area contributed by atoms with E-state index < -0.39 is 6.09 Å². The van der Waals surface area contributed by atoms with Crippen molar-refractivity contribution in [1.29, 1.82) is 0 Å². The summed E-state index contributed by atoms with van der Waals surface area (Å²) in [5.74, 6) is 0.615. The minimum atomic E-state index is -0.591. The fraction of sp³-hybridized carbons (Fsp3) is 0.364. The fourth-order valence-electron chi connectivity index (χ4n) is 3.92. The van der Waals surface area contributed by atoms with Crippen LogP contribution in [0.2, 0.25) is 0 Å². The van der Waals surface area contributed by atoms with Crippen LogP contribution in [0.1, 0.15) is 29.2 Å². The van der Waals surface area contributed by atoms with Crippen LogP contribution < -0.4 is 9.80 Å². The first-order valence-electron chi connectivity index (χ1n) is 9.21. The Kier molecular flexibility index (Phi) is 5.22. The first-order valence-corrected chi connectivity index (χ1v) is 9.21. The third-order valence-electron chi connectivity index (χ3n) is 5.10. The highest BCUT2D eigenvalue weighted by molar-refractivity contribution is 6.14. The van der Waals surface area contributed by atoms with Crippen molar-refractivity contribution in [3.63, 3.8) is 0 Å². The Morgan fingerprint density at radius 3 is 1.93 bits per heavy atom. The van der Waals surface area contributed by atoms with E-state index in [1.807, 2.05) is 6.07 Å². The van der Waals surface area contributed by atoms with Crippen LogP contribution in [0.5, 0.6) is 0 Å². The summed E-state index contributed by atoms with van der Waals surface area (Å²) in [5, 5.41) is 0. The van der Waals surface area contributed by atoms with E-state index in [2.05, 4.69) is 79.7 Å². The Morgan fingerprint density at radius 2 is 1.44 bits per heavy atom. The van der Waals surface area contributed by atoms with E-state index in [0.717, 1.165) is 40.2 Å². The maximum atomic E-state index is 12.1. The van der Waals surface area contributed by atoms with Crippen molar-refractivity contribution in [1.82, 2.24) is 0 Å². The molecule has 0 N–H and O–H groups in total. The van der Waals surface area contributed by atoms with Gasteiger partial charge < -0.3 is 14.5 Å². The number of aryl methyl sites for hydroxylation is 4. The Labute approximate surface area is 161 Å². The average Bonchev–Trinajstić information content (AvgIpc) is 2.91. The van der Waals surface area contributed by atoms with Gasteiger partial charge in [0.15, 0.2) is 0 Å². The Bertz CT molecular complexity index is 864. The fourth-order valence-corrected chi connectivity index (χ4v) is 3.92. The summed E-state index contributed by atoms with van der Waals surface area (Å²) in [6.07, 6.45) is -0.591. The van der Waals surface area contributed by atoms with Crippen LogP contribution in [0.4, 0.5) is 16.2 Å². The number of ether oxygens (including phenoxy) is 1. The topological polar surface area (TPSA) is 45.1 Å². The molecule has 0 spiro atoms. The minimum Gasteiger partial charge on any atom is -0.451 e. The predicted molar refractivity (Wildman–Crippen MR) is 111 cm³/mol. The third-order valence-corrected chi connectivity index (χ3v) is 5.10. The number of hydrogen-bond donors (Lipinski definition) is 0. The molecule has 27 heavy (non-hydrogen) atoms. The highest BCUT2D eigenvalue weighted by atomic mass is 16.5. The molecule has 1 saturated heterocycles. The maximum Gasteiger partial charge on any atom is 0.436 e. The zero-order chi connectivity index (χ0) is 19.7. The summed E-state index contributed by atoms with van der Waals surface area (Å²) in [6.45, 7) is 11.3. The molecular weight excluding hydrogens is 338 g/mol. The highest BCUT2D eigenvalue weighted by Crippen LogP contribution is 2.35. The second-order valence-corrected chi connectivity index (χ2v) is 7.19. The van der Waals surface area contributed by atoms with Gasteiger partial charge in [0, 0.05) is 17.9 Å². The van der Waals surface area contributed by atoms with Gasteiger partial charge >= 0.3 is 6.09 Å². The van der Waals surface area contributed by atoms with E-state index in [9.17, 15) is 4.79 Å². The maximum absolute atomic E-state index is 12.1. The summed E-state index contributed by atoms with van der Waals surface area (Å²) in [4.78, 5) is 20.7. The molecule has 0 aliphatic carbocycles. The molecule has 0 bridgehead atoms. The summed E-state index contributed by atoms with van der Waals surface area (Å²) < 4.78 is 4.86. The monoisotopic (exact) mass is 365 g/mol. The molecule has 1 atom stereocenters. The number of benzene rings is 2. The summed E-state index contributed by atoms with van der Waals surface area (Å²) in [6, 6.07) is 12.6. The lowest BCUT2D eigenvalue weighted by Crippen LogP contribution is -2.37. The summed E-state index contributed by atoms with van der Waals surface area (Å²) in [7, 11) is 1.36. The van der Waals surface area contributed by atoms with Gasteiger partial charge in [0.1, 0.15) is 0 Å². The molecule has 0 saturated carbocycles. The second kappa shape index (κ2) is 7.43. The van der Waals surface area contributed by atoms with Crippen LogP contribution in [0, 0.1) is 27.7 Å². The van der Waals surface area contributed by atoms with Gasteiger partial charge in [0.05, 0.1) is 13.2 Å². The van der Waals surface area contributed by atoms with Crippen LogP contribution in [0.15, 0.2) is 41.4 Å².